The van der Waals surface area contributed by atoms with Crippen molar-refractivity contribution in [2.75, 3.05) is 47.5 Å². The number of quaternary nitrogens is 1. The molecule has 0 radical (unpaired) electrons. The molecule has 2 aromatic carbocycles. The lowest BCUT2D eigenvalue weighted by Crippen LogP contribution is -3.13. The summed E-state index contributed by atoms with van der Waals surface area (Å²) in [6.07, 6.45) is 1.12. The zero-order valence-electron chi connectivity index (χ0n) is 17.6. The molecule has 2 aromatic rings. The maximum atomic E-state index is 12.7. The smallest absolute Gasteiger partial charge is 0.223 e. The van der Waals surface area contributed by atoms with Crippen molar-refractivity contribution in [1.82, 2.24) is 4.90 Å². The van der Waals surface area contributed by atoms with Crippen molar-refractivity contribution in [2.24, 2.45) is 0 Å². The van der Waals surface area contributed by atoms with Crippen LogP contribution in [0.5, 0.6) is 17.2 Å². The summed E-state index contributed by atoms with van der Waals surface area (Å²) in [5, 5.41) is 0. The monoisotopic (exact) mass is 399 g/mol. The molecule has 0 bridgehead atoms. The summed E-state index contributed by atoms with van der Waals surface area (Å²) in [5.41, 5.74) is 2.35. The van der Waals surface area contributed by atoms with E-state index in [1.54, 1.807) is 21.3 Å². The number of carbonyl (C=O) groups excluding carboxylic acids is 1. The van der Waals surface area contributed by atoms with Crippen molar-refractivity contribution in [3.05, 3.63) is 53.6 Å². The van der Waals surface area contributed by atoms with Gasteiger partial charge in [-0.3, -0.25) is 4.79 Å². The fourth-order valence-electron chi connectivity index (χ4n) is 3.82. The molecule has 29 heavy (non-hydrogen) atoms. The summed E-state index contributed by atoms with van der Waals surface area (Å²) in [6, 6.07) is 14.4. The summed E-state index contributed by atoms with van der Waals surface area (Å²) >= 11 is 0. The van der Waals surface area contributed by atoms with Crippen LogP contribution in [0, 0.1) is 0 Å². The predicted octanol–water partition coefficient (Wildman–Crippen LogP) is 1.57. The highest BCUT2D eigenvalue weighted by molar-refractivity contribution is 5.76. The van der Waals surface area contributed by atoms with Crippen LogP contribution in [-0.4, -0.2) is 58.3 Å². The lowest BCUT2D eigenvalue weighted by molar-refractivity contribution is -0.917. The van der Waals surface area contributed by atoms with Gasteiger partial charge in [0.25, 0.3) is 0 Å². The van der Waals surface area contributed by atoms with Crippen molar-refractivity contribution in [2.45, 2.75) is 19.4 Å². The van der Waals surface area contributed by atoms with Gasteiger partial charge in [-0.2, -0.15) is 0 Å². The van der Waals surface area contributed by atoms with Gasteiger partial charge in [0.2, 0.25) is 11.7 Å². The van der Waals surface area contributed by atoms with Gasteiger partial charge < -0.3 is 24.0 Å². The van der Waals surface area contributed by atoms with Gasteiger partial charge >= 0.3 is 0 Å². The molecule has 1 amide bonds. The van der Waals surface area contributed by atoms with Crippen LogP contribution < -0.4 is 19.1 Å². The number of benzene rings is 2. The molecule has 1 heterocycles. The van der Waals surface area contributed by atoms with Gasteiger partial charge in [0.1, 0.15) is 6.54 Å². The second-order valence-electron chi connectivity index (χ2n) is 7.33. The molecule has 1 aliphatic rings. The second kappa shape index (κ2) is 10.2. The van der Waals surface area contributed by atoms with E-state index >= 15 is 0 Å². The van der Waals surface area contributed by atoms with Crippen molar-refractivity contribution < 1.29 is 23.9 Å². The number of piperazine rings is 1. The molecule has 0 aromatic heterocycles. The predicted molar refractivity (Wildman–Crippen MR) is 112 cm³/mol. The van der Waals surface area contributed by atoms with Gasteiger partial charge in [-0.05, 0) is 24.1 Å². The molecule has 3 rings (SSSR count). The van der Waals surface area contributed by atoms with Crippen molar-refractivity contribution in [1.29, 1.82) is 0 Å². The highest BCUT2D eigenvalue weighted by atomic mass is 16.5. The Morgan fingerprint density at radius 2 is 1.55 bits per heavy atom. The van der Waals surface area contributed by atoms with Crippen LogP contribution in [0.15, 0.2) is 42.5 Å². The number of methoxy groups -OCH3 is 3. The number of nitrogens with zero attached hydrogens (tertiary/aromatic N) is 1. The normalized spacial score (nSPS) is 14.5. The summed E-state index contributed by atoms with van der Waals surface area (Å²) in [5.74, 6) is 2.01. The summed E-state index contributed by atoms with van der Waals surface area (Å²) < 4.78 is 16.2. The van der Waals surface area contributed by atoms with E-state index < -0.39 is 0 Å². The van der Waals surface area contributed by atoms with E-state index in [9.17, 15) is 4.79 Å². The van der Waals surface area contributed by atoms with Crippen molar-refractivity contribution >= 4 is 5.91 Å². The Labute approximate surface area is 173 Å². The van der Waals surface area contributed by atoms with E-state index in [1.165, 1.54) is 10.5 Å². The molecule has 6 nitrogen and oxygen atoms in total. The molecule has 0 unspecified atom stereocenters. The lowest BCUT2D eigenvalue weighted by atomic mass is 10.1. The molecule has 1 saturated heterocycles. The molecular formula is C23H31N2O4+. The van der Waals surface area contributed by atoms with Crippen LogP contribution in [0.3, 0.4) is 0 Å². The molecule has 0 aliphatic carbocycles. The Hall–Kier alpha value is -2.73. The van der Waals surface area contributed by atoms with Crippen molar-refractivity contribution in [3.63, 3.8) is 0 Å². The van der Waals surface area contributed by atoms with Crippen molar-refractivity contribution in [3.8, 4) is 17.2 Å². The first kappa shape index (κ1) is 21.0. The third-order valence-corrected chi connectivity index (χ3v) is 5.47. The largest absolute Gasteiger partial charge is 0.493 e. The highest BCUT2D eigenvalue weighted by Crippen LogP contribution is 2.38. The summed E-state index contributed by atoms with van der Waals surface area (Å²) in [6.45, 7) is 4.64. The van der Waals surface area contributed by atoms with E-state index in [0.29, 0.717) is 30.1 Å². The fourth-order valence-corrected chi connectivity index (χ4v) is 3.82. The number of hydrogen-bond donors (Lipinski definition) is 1. The number of rotatable bonds is 8. The van der Waals surface area contributed by atoms with Gasteiger partial charge in [-0.15, -0.1) is 0 Å². The van der Waals surface area contributed by atoms with E-state index in [0.717, 1.165) is 38.3 Å². The van der Waals surface area contributed by atoms with Crippen LogP contribution in [-0.2, 0) is 17.8 Å². The Morgan fingerprint density at radius 1 is 0.931 bits per heavy atom. The average molecular weight is 400 g/mol. The van der Waals surface area contributed by atoms with E-state index in [2.05, 4.69) is 24.3 Å². The Bertz CT molecular complexity index is 777. The number of amides is 1. The number of hydrogen-bond acceptors (Lipinski definition) is 4. The topological polar surface area (TPSA) is 52.4 Å². The molecule has 1 N–H and O–H groups in total. The molecule has 156 valence electrons. The minimum absolute atomic E-state index is 0.206. The molecule has 6 heteroatoms. The minimum Gasteiger partial charge on any atom is -0.493 e. The third-order valence-electron chi connectivity index (χ3n) is 5.47. The summed E-state index contributed by atoms with van der Waals surface area (Å²) in [4.78, 5) is 16.2. The van der Waals surface area contributed by atoms with Crippen LogP contribution in [0.2, 0.25) is 0 Å². The van der Waals surface area contributed by atoms with Gasteiger partial charge in [0, 0.05) is 12.0 Å². The van der Waals surface area contributed by atoms with Crippen LogP contribution in [0.25, 0.3) is 0 Å². The van der Waals surface area contributed by atoms with Crippen LogP contribution in [0.1, 0.15) is 17.5 Å². The summed E-state index contributed by atoms with van der Waals surface area (Å²) in [7, 11) is 4.79. The molecule has 1 fully saturated rings. The van der Waals surface area contributed by atoms with Gasteiger partial charge in [-0.1, -0.05) is 30.3 Å². The van der Waals surface area contributed by atoms with Crippen LogP contribution >= 0.6 is 0 Å². The Kier molecular flexibility index (Phi) is 7.36. The quantitative estimate of drug-likeness (QED) is 0.732. The third kappa shape index (κ3) is 5.41. The van der Waals surface area contributed by atoms with Gasteiger partial charge in [0.15, 0.2) is 11.5 Å². The zero-order valence-corrected chi connectivity index (χ0v) is 17.6. The maximum Gasteiger partial charge on any atom is 0.223 e. The number of carbonyl (C=O) groups is 1. The maximum absolute atomic E-state index is 12.7. The molecule has 1 aliphatic heterocycles. The van der Waals surface area contributed by atoms with Gasteiger partial charge in [-0.25, -0.2) is 0 Å². The van der Waals surface area contributed by atoms with E-state index in [1.807, 2.05) is 23.1 Å². The molecular weight excluding hydrogens is 368 g/mol. The number of ether oxygens (including phenoxy) is 3. The standard InChI is InChI=1S/C23H30N2O4/c1-27-20-15-19(16-21(28-2)23(20)29-3)9-10-22(26)25-13-11-24(12-14-25)17-18-7-5-4-6-8-18/h4-8,15-16H,9-14,17H2,1-3H3/p+1. The Morgan fingerprint density at radius 3 is 2.10 bits per heavy atom. The minimum atomic E-state index is 0.206. The molecule has 0 spiro atoms. The lowest BCUT2D eigenvalue weighted by Gasteiger charge is -2.32. The second-order valence-corrected chi connectivity index (χ2v) is 7.33. The first-order chi connectivity index (χ1) is 14.1. The molecule has 0 atom stereocenters. The average Bonchev–Trinajstić information content (AvgIpc) is 2.77. The van der Waals surface area contributed by atoms with Crippen LogP contribution in [0.4, 0.5) is 0 Å². The first-order valence-corrected chi connectivity index (χ1v) is 10.1. The molecule has 0 saturated carbocycles. The fraction of sp³-hybridized carbons (Fsp3) is 0.435. The van der Waals surface area contributed by atoms with E-state index in [-0.39, 0.29) is 5.91 Å². The Balaban J connectivity index is 1.51. The number of nitrogens with one attached hydrogen (secondary N) is 1. The zero-order chi connectivity index (χ0) is 20.6. The highest BCUT2D eigenvalue weighted by Gasteiger charge is 2.23. The first-order valence-electron chi connectivity index (χ1n) is 10.1. The van der Waals surface area contributed by atoms with E-state index in [4.69, 9.17) is 14.2 Å². The van der Waals surface area contributed by atoms with Gasteiger partial charge in [0.05, 0.1) is 47.5 Å². The SMILES string of the molecule is COc1cc(CCC(=O)N2CC[NH+](Cc3ccccc3)CC2)cc(OC)c1OC. The number of aryl methyl sites for hydroxylation is 1.